The van der Waals surface area contributed by atoms with Gasteiger partial charge in [-0.25, -0.2) is 14.4 Å². The predicted molar refractivity (Wildman–Crippen MR) is 130 cm³/mol. The molecule has 35 heavy (non-hydrogen) atoms. The number of aromatic nitrogens is 5. The van der Waals surface area contributed by atoms with Crippen LogP contribution in [0.25, 0.3) is 17.1 Å². The average molecular weight is 476 g/mol. The highest BCUT2D eigenvalue weighted by molar-refractivity contribution is 5.85. The Labute approximate surface area is 202 Å². The highest BCUT2D eigenvalue weighted by atomic mass is 19.1. The molecule has 4 rings (SSSR count). The van der Waals surface area contributed by atoms with Gasteiger partial charge in [0.25, 0.3) is 0 Å². The summed E-state index contributed by atoms with van der Waals surface area (Å²) in [5, 5.41) is 11.8. The second-order valence-electron chi connectivity index (χ2n) is 8.27. The fourth-order valence-corrected chi connectivity index (χ4v) is 3.57. The van der Waals surface area contributed by atoms with Crippen LogP contribution >= 0.6 is 0 Å². The number of aryl methyl sites for hydroxylation is 2. The van der Waals surface area contributed by atoms with Crippen LogP contribution in [0.15, 0.2) is 55.0 Å². The molecular weight excluding hydrogens is 449 g/mol. The van der Waals surface area contributed by atoms with Gasteiger partial charge in [-0.3, -0.25) is 4.79 Å². The van der Waals surface area contributed by atoms with E-state index in [1.54, 1.807) is 39.7 Å². The number of hydrogen-bond donors (Lipinski definition) is 1. The van der Waals surface area contributed by atoms with Crippen molar-refractivity contribution in [1.82, 2.24) is 29.6 Å². The summed E-state index contributed by atoms with van der Waals surface area (Å²) in [4.78, 5) is 23.2. The van der Waals surface area contributed by atoms with Crippen molar-refractivity contribution >= 4 is 11.7 Å². The van der Waals surface area contributed by atoms with Crippen LogP contribution in [0.1, 0.15) is 22.9 Å². The highest BCUT2D eigenvalue weighted by Gasteiger charge is 2.24. The summed E-state index contributed by atoms with van der Waals surface area (Å²) in [7, 11) is 4.88. The molecule has 0 unspecified atom stereocenters. The molecule has 3 heterocycles. The Balaban J connectivity index is 1.63. The summed E-state index contributed by atoms with van der Waals surface area (Å²) in [5.74, 6) is 0.297. The lowest BCUT2D eigenvalue weighted by atomic mass is 10.1. The van der Waals surface area contributed by atoms with E-state index in [1.165, 1.54) is 17.0 Å². The van der Waals surface area contributed by atoms with Gasteiger partial charge in [-0.05, 0) is 55.3 Å². The summed E-state index contributed by atoms with van der Waals surface area (Å²) in [6.45, 7) is 3.77. The Bertz CT molecular complexity index is 1350. The lowest BCUT2D eigenvalue weighted by Crippen LogP contribution is -2.33. The van der Waals surface area contributed by atoms with Gasteiger partial charge in [0.1, 0.15) is 23.2 Å². The van der Waals surface area contributed by atoms with Gasteiger partial charge >= 0.3 is 0 Å². The number of pyridine rings is 1. The summed E-state index contributed by atoms with van der Waals surface area (Å²) in [6.07, 6.45) is 3.59. The number of amides is 1. The molecule has 0 fully saturated rings. The summed E-state index contributed by atoms with van der Waals surface area (Å²) in [6, 6.07) is 10.6. The third-order valence-corrected chi connectivity index (χ3v) is 5.44. The molecule has 0 aliphatic heterocycles. The summed E-state index contributed by atoms with van der Waals surface area (Å²) < 4.78 is 20.8. The lowest BCUT2D eigenvalue weighted by molar-refractivity contribution is -0.129. The summed E-state index contributed by atoms with van der Waals surface area (Å²) >= 11 is 0. The molecule has 0 spiro atoms. The van der Waals surface area contributed by atoms with Gasteiger partial charge in [-0.2, -0.15) is 0 Å². The van der Waals surface area contributed by atoms with E-state index in [0.717, 1.165) is 16.9 Å². The molecule has 0 aliphatic carbocycles. The monoisotopic (exact) mass is 475 g/mol. The van der Waals surface area contributed by atoms with Crippen molar-refractivity contribution in [3.8, 4) is 23.0 Å². The fraction of sp³-hybridized carbons (Fsp3) is 0.240. The van der Waals surface area contributed by atoms with E-state index in [0.29, 0.717) is 28.6 Å². The Kier molecular flexibility index (Phi) is 6.72. The third-order valence-electron chi connectivity index (χ3n) is 5.44. The van der Waals surface area contributed by atoms with Gasteiger partial charge in [0.2, 0.25) is 11.8 Å². The number of carbonyl (C=O) groups excluding carboxylic acids is 1. The van der Waals surface area contributed by atoms with E-state index in [2.05, 4.69) is 25.5 Å². The number of rotatable bonds is 7. The molecule has 0 saturated heterocycles. The van der Waals surface area contributed by atoms with E-state index >= 15 is 0 Å². The van der Waals surface area contributed by atoms with Crippen molar-refractivity contribution < 1.29 is 13.9 Å². The molecule has 1 amide bonds. The standard InChI is InChI=1S/C25H26FN7O2/c1-15-12-20(19-10-11-21(24(28-19)35-5)33-13-16(2)27-14-33)30-31-23(15)29-22(25(34)32(3)4)17-6-8-18(26)9-7-17/h6-14,22H,1-5H3,(H,29,31)/t22-/m1/s1. The minimum absolute atomic E-state index is 0.196. The van der Waals surface area contributed by atoms with Crippen LogP contribution in [0.4, 0.5) is 10.2 Å². The van der Waals surface area contributed by atoms with Crippen LogP contribution in [0.5, 0.6) is 5.88 Å². The maximum atomic E-state index is 13.4. The second kappa shape index (κ2) is 9.88. The number of likely N-dealkylation sites (N-methyl/N-ethyl adjacent to an activating group) is 1. The number of nitrogens with one attached hydrogen (secondary N) is 1. The first-order valence-corrected chi connectivity index (χ1v) is 10.9. The Morgan fingerprint density at radius 2 is 1.83 bits per heavy atom. The van der Waals surface area contributed by atoms with E-state index in [9.17, 15) is 9.18 Å². The zero-order valence-corrected chi connectivity index (χ0v) is 20.2. The molecule has 0 bridgehead atoms. The van der Waals surface area contributed by atoms with Crippen molar-refractivity contribution in [2.75, 3.05) is 26.5 Å². The SMILES string of the molecule is COc1nc(-c2cc(C)c(N[C@@H](C(=O)N(C)C)c3ccc(F)cc3)nn2)ccc1-n1cnc(C)c1. The van der Waals surface area contributed by atoms with E-state index in [4.69, 9.17) is 4.74 Å². The van der Waals surface area contributed by atoms with Crippen molar-refractivity contribution in [3.63, 3.8) is 0 Å². The maximum Gasteiger partial charge on any atom is 0.249 e. The summed E-state index contributed by atoms with van der Waals surface area (Å²) in [5.41, 5.74) is 4.16. The molecule has 1 N–H and O–H groups in total. The number of hydrogen-bond acceptors (Lipinski definition) is 7. The van der Waals surface area contributed by atoms with Crippen LogP contribution in [0.3, 0.4) is 0 Å². The molecule has 1 aromatic carbocycles. The maximum absolute atomic E-state index is 13.4. The molecular formula is C25H26FN7O2. The topological polar surface area (TPSA) is 98.1 Å². The van der Waals surface area contributed by atoms with Crippen molar-refractivity contribution in [2.45, 2.75) is 19.9 Å². The van der Waals surface area contributed by atoms with Crippen molar-refractivity contribution in [3.05, 3.63) is 77.6 Å². The molecule has 1 atom stereocenters. The lowest BCUT2D eigenvalue weighted by Gasteiger charge is -2.23. The molecule has 4 aromatic rings. The largest absolute Gasteiger partial charge is 0.479 e. The minimum Gasteiger partial charge on any atom is -0.479 e. The zero-order chi connectivity index (χ0) is 25.1. The van der Waals surface area contributed by atoms with Gasteiger partial charge < -0.3 is 19.5 Å². The smallest absolute Gasteiger partial charge is 0.249 e. The fourth-order valence-electron chi connectivity index (χ4n) is 3.57. The van der Waals surface area contributed by atoms with E-state index < -0.39 is 6.04 Å². The first kappa shape index (κ1) is 23.8. The Hall–Kier alpha value is -4.34. The number of ether oxygens (including phenoxy) is 1. The second-order valence-corrected chi connectivity index (χ2v) is 8.27. The number of anilines is 1. The highest BCUT2D eigenvalue weighted by Crippen LogP contribution is 2.28. The third kappa shape index (κ3) is 5.11. The number of halogens is 1. The van der Waals surface area contributed by atoms with Crippen LogP contribution in [0, 0.1) is 19.7 Å². The molecule has 10 heteroatoms. The van der Waals surface area contributed by atoms with Gasteiger partial charge in [0.15, 0.2) is 5.82 Å². The molecule has 180 valence electrons. The van der Waals surface area contributed by atoms with Crippen LogP contribution < -0.4 is 10.1 Å². The first-order chi connectivity index (χ1) is 16.8. The van der Waals surface area contributed by atoms with Gasteiger partial charge in [-0.15, -0.1) is 10.2 Å². The average Bonchev–Trinajstić information content (AvgIpc) is 3.29. The number of methoxy groups -OCH3 is 1. The van der Waals surface area contributed by atoms with Gasteiger partial charge in [-0.1, -0.05) is 12.1 Å². The molecule has 0 aliphatic rings. The van der Waals surface area contributed by atoms with Crippen molar-refractivity contribution in [1.29, 1.82) is 0 Å². The minimum atomic E-state index is -0.749. The number of benzene rings is 1. The Morgan fingerprint density at radius 3 is 2.43 bits per heavy atom. The molecule has 0 radical (unpaired) electrons. The zero-order valence-electron chi connectivity index (χ0n) is 20.2. The predicted octanol–water partition coefficient (Wildman–Crippen LogP) is 3.73. The van der Waals surface area contributed by atoms with Gasteiger partial charge in [0, 0.05) is 20.3 Å². The van der Waals surface area contributed by atoms with Crippen LogP contribution in [-0.4, -0.2) is 56.7 Å². The normalized spacial score (nSPS) is 11.7. The molecule has 0 saturated carbocycles. The van der Waals surface area contributed by atoms with Crippen LogP contribution in [-0.2, 0) is 4.79 Å². The first-order valence-electron chi connectivity index (χ1n) is 10.9. The molecule has 9 nitrogen and oxygen atoms in total. The quantitative estimate of drug-likeness (QED) is 0.435. The van der Waals surface area contributed by atoms with Crippen LogP contribution in [0.2, 0.25) is 0 Å². The Morgan fingerprint density at radius 1 is 1.09 bits per heavy atom. The van der Waals surface area contributed by atoms with Crippen molar-refractivity contribution in [2.24, 2.45) is 0 Å². The number of carbonyl (C=O) groups is 1. The molecule has 3 aromatic heterocycles. The van der Waals surface area contributed by atoms with E-state index in [1.807, 2.05) is 42.8 Å². The van der Waals surface area contributed by atoms with Gasteiger partial charge in [0.05, 0.1) is 24.8 Å². The van der Waals surface area contributed by atoms with E-state index in [-0.39, 0.29) is 11.7 Å². The number of nitrogens with zero attached hydrogens (tertiary/aromatic N) is 6. The number of imidazole rings is 1.